The summed E-state index contributed by atoms with van der Waals surface area (Å²) in [5.41, 5.74) is 5.77. The molecule has 1 aliphatic heterocycles. The first-order chi connectivity index (χ1) is 13.1. The molecule has 0 aliphatic carbocycles. The zero-order valence-electron chi connectivity index (χ0n) is 14.6. The normalized spacial score (nSPS) is 15.9. The van der Waals surface area contributed by atoms with E-state index in [0.29, 0.717) is 17.7 Å². The maximum Gasteiger partial charge on any atom is 0.270 e. The molecule has 1 aromatic heterocycles. The van der Waals surface area contributed by atoms with Crippen LogP contribution in [0.3, 0.4) is 0 Å². The van der Waals surface area contributed by atoms with Crippen LogP contribution in [0.15, 0.2) is 70.2 Å². The molecule has 1 N–H and O–H groups in total. The third kappa shape index (κ3) is 3.39. The topological polar surface area (TPSA) is 89.9 Å². The predicted octanol–water partition coefficient (Wildman–Crippen LogP) is 4.30. The quantitative estimate of drug-likeness (QED) is 0.539. The maximum absolute atomic E-state index is 11.0. The summed E-state index contributed by atoms with van der Waals surface area (Å²) in [6.07, 6.45) is 0.689. The number of hydrazone groups is 1. The van der Waals surface area contributed by atoms with E-state index in [9.17, 15) is 10.1 Å². The number of nitrogens with zero attached hydrogens (tertiary/aromatic N) is 2. The SMILES string of the molecule is COc1ccc(C2=NNC(c3ccc(-c4cccc([N+](=O)[O-])c4)o3)C2)cc1. The van der Waals surface area contributed by atoms with E-state index in [2.05, 4.69) is 10.5 Å². The Hall–Kier alpha value is -3.61. The lowest BCUT2D eigenvalue weighted by Crippen LogP contribution is -2.08. The van der Waals surface area contributed by atoms with Crippen molar-refractivity contribution in [2.24, 2.45) is 5.10 Å². The number of hydrogen-bond acceptors (Lipinski definition) is 6. The highest BCUT2D eigenvalue weighted by Gasteiger charge is 2.24. The average molecular weight is 363 g/mol. The van der Waals surface area contributed by atoms with E-state index in [1.165, 1.54) is 12.1 Å². The minimum atomic E-state index is -0.416. The second-order valence-corrected chi connectivity index (χ2v) is 6.18. The molecule has 136 valence electrons. The summed E-state index contributed by atoms with van der Waals surface area (Å²) in [5, 5.41) is 15.4. The Morgan fingerprint density at radius 1 is 1.15 bits per heavy atom. The molecule has 0 saturated heterocycles. The van der Waals surface area contributed by atoms with Crippen molar-refractivity contribution in [2.45, 2.75) is 12.5 Å². The fraction of sp³-hybridized carbons (Fsp3) is 0.150. The van der Waals surface area contributed by atoms with E-state index in [1.54, 1.807) is 19.2 Å². The van der Waals surface area contributed by atoms with Gasteiger partial charge in [-0.15, -0.1) is 0 Å². The monoisotopic (exact) mass is 363 g/mol. The van der Waals surface area contributed by atoms with Gasteiger partial charge < -0.3 is 9.15 Å². The largest absolute Gasteiger partial charge is 0.497 e. The van der Waals surface area contributed by atoms with Crippen molar-refractivity contribution in [3.63, 3.8) is 0 Å². The summed E-state index contributed by atoms with van der Waals surface area (Å²) in [7, 11) is 1.63. The molecule has 0 fully saturated rings. The van der Waals surface area contributed by atoms with Crippen LogP contribution in [0, 0.1) is 10.1 Å². The van der Waals surface area contributed by atoms with Gasteiger partial charge >= 0.3 is 0 Å². The van der Waals surface area contributed by atoms with Crippen LogP contribution in [0.25, 0.3) is 11.3 Å². The molecular weight excluding hydrogens is 346 g/mol. The summed E-state index contributed by atoms with van der Waals surface area (Å²) in [6.45, 7) is 0. The first-order valence-electron chi connectivity index (χ1n) is 8.45. The van der Waals surface area contributed by atoms with Crippen molar-refractivity contribution >= 4 is 11.4 Å². The standard InChI is InChI=1S/C20H17N3O4/c1-26-16-7-5-13(6-8-16)17-12-18(22-21-17)20-10-9-19(27-20)14-3-2-4-15(11-14)23(24)25/h2-11,18,22H,12H2,1H3. The first kappa shape index (κ1) is 16.8. The van der Waals surface area contributed by atoms with Gasteiger partial charge in [0.05, 0.1) is 17.7 Å². The van der Waals surface area contributed by atoms with Crippen LogP contribution < -0.4 is 10.2 Å². The molecule has 1 atom stereocenters. The molecule has 3 aromatic rings. The molecule has 4 rings (SSSR count). The van der Waals surface area contributed by atoms with E-state index in [4.69, 9.17) is 9.15 Å². The molecule has 0 amide bonds. The fourth-order valence-corrected chi connectivity index (χ4v) is 3.04. The second-order valence-electron chi connectivity index (χ2n) is 6.18. The van der Waals surface area contributed by atoms with E-state index >= 15 is 0 Å². The van der Waals surface area contributed by atoms with E-state index < -0.39 is 4.92 Å². The molecule has 2 aromatic carbocycles. The number of ether oxygens (including phenoxy) is 1. The molecule has 0 bridgehead atoms. The molecule has 0 saturated carbocycles. The summed E-state index contributed by atoms with van der Waals surface area (Å²) in [4.78, 5) is 10.5. The van der Waals surface area contributed by atoms with Crippen LogP contribution in [0.2, 0.25) is 0 Å². The van der Waals surface area contributed by atoms with Gasteiger partial charge in [0, 0.05) is 24.1 Å². The summed E-state index contributed by atoms with van der Waals surface area (Å²) >= 11 is 0. The number of benzene rings is 2. The zero-order chi connectivity index (χ0) is 18.8. The van der Waals surface area contributed by atoms with Crippen molar-refractivity contribution in [1.82, 2.24) is 5.43 Å². The molecule has 2 heterocycles. The molecule has 7 heteroatoms. The lowest BCUT2D eigenvalue weighted by molar-refractivity contribution is -0.384. The van der Waals surface area contributed by atoms with Gasteiger partial charge in [0.25, 0.3) is 5.69 Å². The van der Waals surface area contributed by atoms with Crippen LogP contribution in [-0.4, -0.2) is 17.7 Å². The number of rotatable bonds is 5. The van der Waals surface area contributed by atoms with Gasteiger partial charge in [0.1, 0.15) is 23.3 Å². The Balaban J connectivity index is 1.50. The van der Waals surface area contributed by atoms with Gasteiger partial charge in [0.2, 0.25) is 0 Å². The molecule has 1 unspecified atom stereocenters. The van der Waals surface area contributed by atoms with Gasteiger partial charge in [-0.05, 0) is 42.0 Å². The fourth-order valence-electron chi connectivity index (χ4n) is 3.04. The highest BCUT2D eigenvalue weighted by atomic mass is 16.6. The van der Waals surface area contributed by atoms with Gasteiger partial charge in [0.15, 0.2) is 0 Å². The smallest absolute Gasteiger partial charge is 0.270 e. The number of methoxy groups -OCH3 is 1. The van der Waals surface area contributed by atoms with Gasteiger partial charge in [-0.1, -0.05) is 12.1 Å². The number of nitro groups is 1. The molecule has 27 heavy (non-hydrogen) atoms. The van der Waals surface area contributed by atoms with E-state index in [-0.39, 0.29) is 11.7 Å². The molecular formula is C20H17N3O4. The Labute approximate surface area is 155 Å². The Morgan fingerprint density at radius 3 is 2.70 bits per heavy atom. The zero-order valence-corrected chi connectivity index (χ0v) is 14.6. The minimum Gasteiger partial charge on any atom is -0.497 e. The van der Waals surface area contributed by atoms with Crippen molar-refractivity contribution in [3.8, 4) is 17.1 Å². The Bertz CT molecular complexity index is 1010. The molecule has 7 nitrogen and oxygen atoms in total. The average Bonchev–Trinajstić information content (AvgIpc) is 3.38. The number of nitro benzene ring substituents is 1. The lowest BCUT2D eigenvalue weighted by atomic mass is 10.0. The van der Waals surface area contributed by atoms with Crippen molar-refractivity contribution in [2.75, 3.05) is 7.11 Å². The van der Waals surface area contributed by atoms with Crippen molar-refractivity contribution < 1.29 is 14.1 Å². The number of hydrogen-bond donors (Lipinski definition) is 1. The summed E-state index contributed by atoms with van der Waals surface area (Å²) < 4.78 is 11.1. The Kier molecular flexibility index (Phi) is 4.33. The van der Waals surface area contributed by atoms with Crippen LogP contribution in [0.4, 0.5) is 5.69 Å². The van der Waals surface area contributed by atoms with Crippen LogP contribution in [0.5, 0.6) is 5.75 Å². The van der Waals surface area contributed by atoms with E-state index in [1.807, 2.05) is 36.4 Å². The van der Waals surface area contributed by atoms with Gasteiger partial charge in [-0.25, -0.2) is 0 Å². The third-order valence-corrected chi connectivity index (χ3v) is 4.49. The van der Waals surface area contributed by atoms with Crippen LogP contribution in [0.1, 0.15) is 23.8 Å². The van der Waals surface area contributed by atoms with Crippen molar-refractivity contribution in [3.05, 3.63) is 82.1 Å². The summed E-state index contributed by atoms with van der Waals surface area (Å²) in [6, 6.07) is 17.8. The number of non-ortho nitro benzene ring substituents is 1. The lowest BCUT2D eigenvalue weighted by Gasteiger charge is -2.06. The second kappa shape index (κ2) is 6.95. The van der Waals surface area contributed by atoms with Gasteiger partial charge in [-0.3, -0.25) is 15.5 Å². The molecule has 0 radical (unpaired) electrons. The Morgan fingerprint density at radius 2 is 1.96 bits per heavy atom. The third-order valence-electron chi connectivity index (χ3n) is 4.49. The number of nitrogens with one attached hydrogen (secondary N) is 1. The van der Waals surface area contributed by atoms with Crippen LogP contribution in [-0.2, 0) is 0 Å². The van der Waals surface area contributed by atoms with Crippen molar-refractivity contribution in [1.29, 1.82) is 0 Å². The van der Waals surface area contributed by atoms with Gasteiger partial charge in [-0.2, -0.15) is 5.10 Å². The summed E-state index contributed by atoms with van der Waals surface area (Å²) in [5.74, 6) is 2.13. The highest BCUT2D eigenvalue weighted by Crippen LogP contribution is 2.31. The molecule has 1 aliphatic rings. The predicted molar refractivity (Wildman–Crippen MR) is 101 cm³/mol. The number of furan rings is 1. The first-order valence-corrected chi connectivity index (χ1v) is 8.45. The molecule has 0 spiro atoms. The van der Waals surface area contributed by atoms with E-state index in [0.717, 1.165) is 22.8 Å². The van der Waals surface area contributed by atoms with Crippen LogP contribution >= 0.6 is 0 Å². The minimum absolute atomic E-state index is 0.0366. The highest BCUT2D eigenvalue weighted by molar-refractivity contribution is 6.01. The maximum atomic E-state index is 11.0.